The fourth-order valence-electron chi connectivity index (χ4n) is 3.68. The highest BCUT2D eigenvalue weighted by atomic mass is 16.5. The van der Waals surface area contributed by atoms with Crippen molar-refractivity contribution in [3.8, 4) is 5.75 Å². The van der Waals surface area contributed by atoms with E-state index < -0.39 is 0 Å². The van der Waals surface area contributed by atoms with Crippen LogP contribution in [0, 0.1) is 12.8 Å². The topological polar surface area (TPSA) is 102 Å². The minimum absolute atomic E-state index is 0.0389. The molecule has 1 aromatic heterocycles. The third-order valence-electron chi connectivity index (χ3n) is 5.27. The molecule has 0 bridgehead atoms. The van der Waals surface area contributed by atoms with Crippen molar-refractivity contribution in [2.24, 2.45) is 5.92 Å². The lowest BCUT2D eigenvalue weighted by atomic mass is 9.75. The smallest absolute Gasteiger partial charge is 0.222 e. The molecule has 138 valence electrons. The van der Waals surface area contributed by atoms with E-state index in [0.717, 1.165) is 17.7 Å². The van der Waals surface area contributed by atoms with Gasteiger partial charge in [-0.2, -0.15) is 0 Å². The average molecular weight is 357 g/mol. The number of hydrogen-bond acceptors (Lipinski definition) is 6. The molecule has 8 nitrogen and oxygen atoms in total. The number of nitrogens with one attached hydrogen (secondary N) is 1. The average Bonchev–Trinajstić information content (AvgIpc) is 3.23. The van der Waals surface area contributed by atoms with Gasteiger partial charge >= 0.3 is 0 Å². The normalized spacial score (nSPS) is 22.2. The SMILES string of the molecule is Cc1nnnn1CCC(=O)NC(c1ccc2c(c1)CCO2)C1CC(O)C1. The number of carbonyl (C=O) groups excluding carboxylic acids is 1. The first-order chi connectivity index (χ1) is 12.6. The Balaban J connectivity index is 1.45. The van der Waals surface area contributed by atoms with Crippen LogP contribution in [0.5, 0.6) is 5.75 Å². The van der Waals surface area contributed by atoms with Crippen LogP contribution in [0.25, 0.3) is 0 Å². The second kappa shape index (κ2) is 7.03. The third-order valence-corrected chi connectivity index (χ3v) is 5.27. The molecule has 8 heteroatoms. The summed E-state index contributed by atoms with van der Waals surface area (Å²) in [5, 5.41) is 24.1. The summed E-state index contributed by atoms with van der Waals surface area (Å²) in [7, 11) is 0. The van der Waals surface area contributed by atoms with Gasteiger partial charge in [-0.15, -0.1) is 5.10 Å². The van der Waals surface area contributed by atoms with Crippen molar-refractivity contribution in [1.82, 2.24) is 25.5 Å². The third kappa shape index (κ3) is 3.41. The molecule has 1 aliphatic carbocycles. The van der Waals surface area contributed by atoms with Crippen molar-refractivity contribution in [2.75, 3.05) is 6.61 Å². The molecule has 2 N–H and O–H groups in total. The number of aromatic nitrogens is 4. The van der Waals surface area contributed by atoms with Gasteiger partial charge in [0.15, 0.2) is 0 Å². The minimum atomic E-state index is -0.263. The number of nitrogens with zero attached hydrogens (tertiary/aromatic N) is 4. The van der Waals surface area contributed by atoms with Gasteiger partial charge in [-0.05, 0) is 59.4 Å². The fourth-order valence-corrected chi connectivity index (χ4v) is 3.68. The molecule has 0 radical (unpaired) electrons. The van der Waals surface area contributed by atoms with Gasteiger partial charge in [0.1, 0.15) is 11.6 Å². The summed E-state index contributed by atoms with van der Waals surface area (Å²) in [6.45, 7) is 2.97. The zero-order chi connectivity index (χ0) is 18.1. The largest absolute Gasteiger partial charge is 0.493 e. The second-order valence-corrected chi connectivity index (χ2v) is 7.10. The van der Waals surface area contributed by atoms with Crippen LogP contribution in [0.2, 0.25) is 0 Å². The predicted molar refractivity (Wildman–Crippen MR) is 92.4 cm³/mol. The fraction of sp³-hybridized carbons (Fsp3) is 0.556. The number of amides is 1. The first-order valence-corrected chi connectivity index (χ1v) is 9.06. The number of fused-ring (bicyclic) bond motifs is 1. The minimum Gasteiger partial charge on any atom is -0.493 e. The molecule has 1 aliphatic heterocycles. The predicted octanol–water partition coefficient (Wildman–Crippen LogP) is 0.935. The van der Waals surface area contributed by atoms with Gasteiger partial charge < -0.3 is 15.2 Å². The van der Waals surface area contributed by atoms with Gasteiger partial charge in [0.05, 0.1) is 25.3 Å². The second-order valence-electron chi connectivity index (χ2n) is 7.10. The Kier molecular flexibility index (Phi) is 4.58. The zero-order valence-corrected chi connectivity index (χ0v) is 14.8. The monoisotopic (exact) mass is 357 g/mol. The van der Waals surface area contributed by atoms with Crippen molar-refractivity contribution in [3.63, 3.8) is 0 Å². The lowest BCUT2D eigenvalue weighted by Crippen LogP contribution is -2.41. The Morgan fingerprint density at radius 1 is 1.46 bits per heavy atom. The molecule has 0 spiro atoms. The van der Waals surface area contributed by atoms with Gasteiger partial charge in [0.2, 0.25) is 5.91 Å². The van der Waals surface area contributed by atoms with E-state index in [2.05, 4.69) is 26.9 Å². The Hall–Kier alpha value is -2.48. The van der Waals surface area contributed by atoms with Crippen LogP contribution in [0.15, 0.2) is 18.2 Å². The number of hydrogen-bond donors (Lipinski definition) is 2. The van der Waals surface area contributed by atoms with E-state index in [4.69, 9.17) is 4.74 Å². The summed E-state index contributed by atoms with van der Waals surface area (Å²) >= 11 is 0. The van der Waals surface area contributed by atoms with Crippen LogP contribution >= 0.6 is 0 Å². The first kappa shape index (κ1) is 17.0. The van der Waals surface area contributed by atoms with Crippen LogP contribution in [-0.4, -0.2) is 43.9 Å². The van der Waals surface area contributed by atoms with E-state index in [1.54, 1.807) is 4.68 Å². The van der Waals surface area contributed by atoms with E-state index in [0.29, 0.717) is 38.2 Å². The summed E-state index contributed by atoms with van der Waals surface area (Å²) in [5.41, 5.74) is 2.27. The number of aliphatic hydroxyl groups excluding tert-OH is 1. The molecule has 1 saturated carbocycles. The maximum atomic E-state index is 12.5. The summed E-state index contributed by atoms with van der Waals surface area (Å²) in [6, 6.07) is 6.04. The van der Waals surface area contributed by atoms with Crippen molar-refractivity contribution in [1.29, 1.82) is 0 Å². The number of aryl methyl sites for hydroxylation is 2. The molecule has 26 heavy (non-hydrogen) atoms. The standard InChI is InChI=1S/C18H23N5O3/c1-11-20-21-22-23(11)6-4-17(25)19-18(14-9-15(24)10-14)13-2-3-16-12(8-13)5-7-26-16/h2-3,8,14-15,18,24H,4-7,9-10H2,1H3,(H,19,25). The van der Waals surface area contributed by atoms with E-state index in [1.807, 2.05) is 19.1 Å². The Labute approximate surface area is 151 Å². The summed E-state index contributed by atoms with van der Waals surface area (Å²) in [6.07, 6.45) is 2.37. The molecule has 1 atom stereocenters. The summed E-state index contributed by atoms with van der Waals surface area (Å²) in [4.78, 5) is 12.5. The first-order valence-electron chi connectivity index (χ1n) is 9.06. The van der Waals surface area contributed by atoms with Crippen molar-refractivity contribution in [2.45, 2.75) is 51.3 Å². The van der Waals surface area contributed by atoms with Crippen molar-refractivity contribution in [3.05, 3.63) is 35.2 Å². The van der Waals surface area contributed by atoms with Crippen LogP contribution in [-0.2, 0) is 17.8 Å². The number of benzene rings is 1. The summed E-state index contributed by atoms with van der Waals surface area (Å²) in [5.74, 6) is 1.84. The van der Waals surface area contributed by atoms with E-state index in [9.17, 15) is 9.90 Å². The van der Waals surface area contributed by atoms with Crippen LogP contribution in [0.3, 0.4) is 0 Å². The highest BCUT2D eigenvalue weighted by Gasteiger charge is 2.36. The maximum Gasteiger partial charge on any atom is 0.222 e. The van der Waals surface area contributed by atoms with E-state index in [1.165, 1.54) is 5.56 Å². The molecule has 2 aliphatic rings. The Bertz CT molecular complexity index is 800. The number of rotatable bonds is 6. The number of aliphatic hydroxyl groups is 1. The molecule has 1 amide bonds. The molecular formula is C18H23N5O3. The van der Waals surface area contributed by atoms with Crippen LogP contribution in [0.1, 0.15) is 42.3 Å². The Morgan fingerprint density at radius 3 is 3.04 bits per heavy atom. The number of ether oxygens (including phenoxy) is 1. The van der Waals surface area contributed by atoms with Crippen LogP contribution < -0.4 is 10.1 Å². The highest BCUT2D eigenvalue weighted by Crippen LogP contribution is 2.39. The van der Waals surface area contributed by atoms with Gasteiger partial charge in [0.25, 0.3) is 0 Å². The van der Waals surface area contributed by atoms with Crippen molar-refractivity contribution >= 4 is 5.91 Å². The molecule has 1 fully saturated rings. The number of carbonyl (C=O) groups is 1. The van der Waals surface area contributed by atoms with Crippen molar-refractivity contribution < 1.29 is 14.6 Å². The molecule has 0 saturated heterocycles. The van der Waals surface area contributed by atoms with Crippen LogP contribution in [0.4, 0.5) is 0 Å². The lowest BCUT2D eigenvalue weighted by Gasteiger charge is -2.38. The van der Waals surface area contributed by atoms with Gasteiger partial charge in [0, 0.05) is 12.8 Å². The molecule has 1 unspecified atom stereocenters. The van der Waals surface area contributed by atoms with Gasteiger partial charge in [-0.3, -0.25) is 4.79 Å². The molecule has 1 aromatic carbocycles. The molecule has 4 rings (SSSR count). The van der Waals surface area contributed by atoms with Gasteiger partial charge in [-0.25, -0.2) is 4.68 Å². The summed E-state index contributed by atoms with van der Waals surface area (Å²) < 4.78 is 7.19. The highest BCUT2D eigenvalue weighted by molar-refractivity contribution is 5.76. The van der Waals surface area contributed by atoms with Gasteiger partial charge in [-0.1, -0.05) is 6.07 Å². The quantitative estimate of drug-likeness (QED) is 0.798. The molecule has 2 heterocycles. The zero-order valence-electron chi connectivity index (χ0n) is 14.8. The molecular weight excluding hydrogens is 334 g/mol. The van der Waals surface area contributed by atoms with E-state index in [-0.39, 0.29) is 24.0 Å². The number of tetrazole rings is 1. The Morgan fingerprint density at radius 2 is 2.31 bits per heavy atom. The lowest BCUT2D eigenvalue weighted by molar-refractivity contribution is -0.123. The molecule has 2 aromatic rings. The maximum absolute atomic E-state index is 12.5. The van der Waals surface area contributed by atoms with E-state index >= 15 is 0 Å².